The van der Waals surface area contributed by atoms with Crippen LogP contribution in [-0.2, 0) is 9.53 Å². The first kappa shape index (κ1) is 14.7. The number of H-pyrrole nitrogens is 1. The molecular weight excluding hydrogens is 290 g/mol. The zero-order valence-corrected chi connectivity index (χ0v) is 11.4. The van der Waals surface area contributed by atoms with Crippen LogP contribution in [0.5, 0.6) is 5.75 Å². The number of aromatic nitrogens is 2. The van der Waals surface area contributed by atoms with Crippen molar-refractivity contribution < 1.29 is 23.0 Å². The van der Waals surface area contributed by atoms with E-state index < -0.39 is 6.61 Å². The zero-order chi connectivity index (χ0) is 14.5. The number of nitrogens with zero attached hydrogens (tertiary/aromatic N) is 1. The summed E-state index contributed by atoms with van der Waals surface area (Å²) >= 11 is 1.23. The summed E-state index contributed by atoms with van der Waals surface area (Å²) < 4.78 is 33.2. The molecule has 5 nitrogen and oxygen atoms in total. The Hall–Kier alpha value is -1.67. The highest BCUT2D eigenvalue weighted by atomic mass is 32.2. The maximum absolute atomic E-state index is 12.1. The fourth-order valence-electron chi connectivity index (χ4n) is 1.56. The van der Waals surface area contributed by atoms with E-state index in [1.807, 2.05) is 0 Å². The molecule has 1 aromatic carbocycles. The number of ether oxygens (including phenoxy) is 2. The number of methoxy groups -OCH3 is 1. The van der Waals surface area contributed by atoms with Crippen LogP contribution in [0, 0.1) is 0 Å². The molecule has 0 saturated carbocycles. The quantitative estimate of drug-likeness (QED) is 0.796. The van der Waals surface area contributed by atoms with E-state index in [0.717, 1.165) is 0 Å². The van der Waals surface area contributed by atoms with Crippen molar-refractivity contribution in [2.45, 2.75) is 11.8 Å². The molecule has 2 aromatic rings. The molecule has 20 heavy (non-hydrogen) atoms. The molecule has 0 atom stereocenters. The molecule has 0 aliphatic rings. The van der Waals surface area contributed by atoms with E-state index >= 15 is 0 Å². The van der Waals surface area contributed by atoms with Crippen molar-refractivity contribution in [3.8, 4) is 5.75 Å². The number of fused-ring (bicyclic) bond motifs is 1. The first-order valence-corrected chi connectivity index (χ1v) is 6.65. The maximum Gasteiger partial charge on any atom is 0.387 e. The minimum Gasteiger partial charge on any atom is -0.435 e. The number of carbonyl (C=O) groups excluding carboxylic acids is 1. The fourth-order valence-corrected chi connectivity index (χ4v) is 2.29. The van der Waals surface area contributed by atoms with Crippen LogP contribution in [0.4, 0.5) is 8.78 Å². The van der Waals surface area contributed by atoms with Crippen molar-refractivity contribution in [1.29, 1.82) is 0 Å². The maximum atomic E-state index is 12.1. The number of hydrogen-bond donors (Lipinski definition) is 1. The molecule has 8 heteroatoms. The first-order valence-electron chi connectivity index (χ1n) is 5.66. The largest absolute Gasteiger partial charge is 0.435 e. The van der Waals surface area contributed by atoms with Crippen LogP contribution in [-0.4, -0.2) is 41.8 Å². The van der Waals surface area contributed by atoms with Gasteiger partial charge in [-0.3, -0.25) is 4.79 Å². The minimum atomic E-state index is -2.86. The van der Waals surface area contributed by atoms with Crippen molar-refractivity contribution >= 4 is 28.6 Å². The van der Waals surface area contributed by atoms with Crippen LogP contribution < -0.4 is 4.74 Å². The van der Waals surface area contributed by atoms with E-state index in [2.05, 4.69) is 14.7 Å². The lowest BCUT2D eigenvalue weighted by Crippen LogP contribution is -2.08. The smallest absolute Gasteiger partial charge is 0.387 e. The minimum absolute atomic E-state index is 0.0552. The number of alkyl halides is 2. The number of Topliss-reactive ketones (excluding diaryl/α,β-unsaturated/α-hetero) is 1. The Bertz CT molecular complexity index is 603. The summed E-state index contributed by atoms with van der Waals surface area (Å²) in [5.41, 5.74) is 1.19. The molecule has 0 radical (unpaired) electrons. The lowest BCUT2D eigenvalue weighted by Gasteiger charge is -2.02. The predicted octanol–water partition coefficient (Wildman–Crippen LogP) is 2.47. The predicted molar refractivity (Wildman–Crippen MR) is 70.3 cm³/mol. The van der Waals surface area contributed by atoms with Gasteiger partial charge in [-0.25, -0.2) is 4.98 Å². The summed E-state index contributed by atoms with van der Waals surface area (Å²) in [6, 6.07) is 4.43. The molecular formula is C12H12F2N2O3S. The molecule has 0 spiro atoms. The molecule has 1 N–H and O–H groups in total. The zero-order valence-electron chi connectivity index (χ0n) is 10.6. The van der Waals surface area contributed by atoms with E-state index in [9.17, 15) is 13.6 Å². The van der Waals surface area contributed by atoms with E-state index in [4.69, 9.17) is 4.74 Å². The molecule has 2 rings (SSSR count). The third-order valence-electron chi connectivity index (χ3n) is 2.33. The number of ketones is 1. The second kappa shape index (κ2) is 6.67. The van der Waals surface area contributed by atoms with Crippen LogP contribution in [0.25, 0.3) is 11.0 Å². The van der Waals surface area contributed by atoms with Crippen LogP contribution in [0.15, 0.2) is 23.4 Å². The molecule has 108 valence electrons. The van der Waals surface area contributed by atoms with Gasteiger partial charge >= 0.3 is 6.61 Å². The summed E-state index contributed by atoms with van der Waals surface area (Å²) in [4.78, 5) is 18.5. The second-order valence-corrected chi connectivity index (χ2v) is 4.82. The van der Waals surface area contributed by atoms with E-state index in [1.165, 1.54) is 31.0 Å². The van der Waals surface area contributed by atoms with Gasteiger partial charge in [-0.05, 0) is 12.1 Å². The number of carbonyl (C=O) groups is 1. The number of benzene rings is 1. The third-order valence-corrected chi connectivity index (χ3v) is 3.27. The standard InChI is InChI=1S/C12H12F2N2O3S/c1-18-5-7(17)6-20-12-15-9-3-2-8(19-11(13)14)4-10(9)16-12/h2-4,11H,5-6H2,1H3,(H,15,16). The normalized spacial score (nSPS) is 11.2. The van der Waals surface area contributed by atoms with Gasteiger partial charge in [0.2, 0.25) is 0 Å². The Labute approximate surface area is 117 Å². The Morgan fingerprint density at radius 2 is 2.30 bits per heavy atom. The molecule has 0 unspecified atom stereocenters. The van der Waals surface area contributed by atoms with Gasteiger partial charge in [-0.1, -0.05) is 11.8 Å². The SMILES string of the molecule is COCC(=O)CSc1nc2ccc(OC(F)F)cc2[nH]1. The van der Waals surface area contributed by atoms with Gasteiger partial charge in [-0.15, -0.1) is 0 Å². The Morgan fingerprint density at radius 1 is 1.50 bits per heavy atom. The molecule has 0 bridgehead atoms. The Morgan fingerprint density at radius 3 is 3.00 bits per heavy atom. The van der Waals surface area contributed by atoms with Crippen LogP contribution in [0.1, 0.15) is 0 Å². The summed E-state index contributed by atoms with van der Waals surface area (Å²) in [5, 5.41) is 0.540. The topological polar surface area (TPSA) is 64.2 Å². The number of imidazole rings is 1. The molecule has 0 aliphatic carbocycles. The average molecular weight is 302 g/mol. The molecule has 0 amide bonds. The average Bonchev–Trinajstić information content (AvgIpc) is 2.78. The Balaban J connectivity index is 2.07. The van der Waals surface area contributed by atoms with Crippen molar-refractivity contribution in [2.75, 3.05) is 19.5 Å². The van der Waals surface area contributed by atoms with Crippen molar-refractivity contribution in [2.24, 2.45) is 0 Å². The molecule has 0 saturated heterocycles. The van der Waals surface area contributed by atoms with Gasteiger partial charge < -0.3 is 14.5 Å². The highest BCUT2D eigenvalue weighted by Crippen LogP contribution is 2.24. The van der Waals surface area contributed by atoms with Crippen molar-refractivity contribution in [3.63, 3.8) is 0 Å². The lowest BCUT2D eigenvalue weighted by atomic mass is 10.3. The summed E-state index contributed by atoms with van der Waals surface area (Å²) in [6.45, 7) is -2.81. The highest BCUT2D eigenvalue weighted by Gasteiger charge is 2.09. The van der Waals surface area contributed by atoms with E-state index in [0.29, 0.717) is 16.2 Å². The van der Waals surface area contributed by atoms with Crippen LogP contribution >= 0.6 is 11.8 Å². The number of nitrogens with one attached hydrogen (secondary N) is 1. The second-order valence-electron chi connectivity index (χ2n) is 3.86. The first-order chi connectivity index (χ1) is 9.58. The molecule has 1 heterocycles. The van der Waals surface area contributed by atoms with Gasteiger partial charge in [-0.2, -0.15) is 8.78 Å². The molecule has 1 aromatic heterocycles. The molecule has 0 aliphatic heterocycles. The third kappa shape index (κ3) is 3.91. The van der Waals surface area contributed by atoms with Gasteiger partial charge in [0, 0.05) is 13.2 Å². The summed E-state index contributed by atoms with van der Waals surface area (Å²) in [5.74, 6) is 0.233. The fraction of sp³-hybridized carbons (Fsp3) is 0.333. The Kier molecular flexibility index (Phi) is 4.91. The van der Waals surface area contributed by atoms with Crippen LogP contribution in [0.3, 0.4) is 0 Å². The van der Waals surface area contributed by atoms with E-state index in [1.54, 1.807) is 6.07 Å². The van der Waals surface area contributed by atoms with E-state index in [-0.39, 0.29) is 23.9 Å². The number of rotatable bonds is 7. The van der Waals surface area contributed by atoms with Gasteiger partial charge in [0.25, 0.3) is 0 Å². The number of hydrogen-bond acceptors (Lipinski definition) is 5. The number of halogens is 2. The van der Waals surface area contributed by atoms with Crippen molar-refractivity contribution in [1.82, 2.24) is 9.97 Å². The van der Waals surface area contributed by atoms with Gasteiger partial charge in [0.1, 0.15) is 12.4 Å². The monoisotopic (exact) mass is 302 g/mol. The van der Waals surface area contributed by atoms with Gasteiger partial charge in [0.15, 0.2) is 10.9 Å². The van der Waals surface area contributed by atoms with Gasteiger partial charge in [0.05, 0.1) is 16.8 Å². The molecule has 0 fully saturated rings. The number of aromatic amines is 1. The summed E-state index contributed by atoms with van der Waals surface area (Å²) in [7, 11) is 1.45. The highest BCUT2D eigenvalue weighted by molar-refractivity contribution is 7.99. The summed E-state index contributed by atoms with van der Waals surface area (Å²) in [6.07, 6.45) is 0. The number of thioether (sulfide) groups is 1. The van der Waals surface area contributed by atoms with Crippen molar-refractivity contribution in [3.05, 3.63) is 18.2 Å². The lowest BCUT2D eigenvalue weighted by molar-refractivity contribution is -0.120. The van der Waals surface area contributed by atoms with Crippen LogP contribution in [0.2, 0.25) is 0 Å².